The number of imidazole rings is 1. The van der Waals surface area contributed by atoms with Crippen molar-refractivity contribution >= 4 is 11.5 Å². The first-order valence-corrected chi connectivity index (χ1v) is 8.88. The van der Waals surface area contributed by atoms with Crippen LogP contribution in [0.15, 0.2) is 30.7 Å². The molecular formula is C19H23N5O2. The summed E-state index contributed by atoms with van der Waals surface area (Å²) in [5, 5.41) is 4.76. The monoisotopic (exact) mass is 353 g/mol. The van der Waals surface area contributed by atoms with Crippen molar-refractivity contribution in [2.45, 2.75) is 32.8 Å². The van der Waals surface area contributed by atoms with Gasteiger partial charge in [-0.05, 0) is 19.9 Å². The van der Waals surface area contributed by atoms with Gasteiger partial charge in [-0.3, -0.25) is 0 Å². The van der Waals surface area contributed by atoms with E-state index in [0.717, 1.165) is 43.1 Å². The van der Waals surface area contributed by atoms with Crippen LogP contribution in [0.2, 0.25) is 0 Å². The minimum Gasteiger partial charge on any atom is -0.489 e. The van der Waals surface area contributed by atoms with E-state index in [2.05, 4.69) is 28.7 Å². The largest absolute Gasteiger partial charge is 0.489 e. The summed E-state index contributed by atoms with van der Waals surface area (Å²) in [5.41, 5.74) is 3.31. The van der Waals surface area contributed by atoms with Gasteiger partial charge in [-0.15, -0.1) is 5.10 Å². The van der Waals surface area contributed by atoms with Crippen LogP contribution in [0.4, 0.5) is 5.82 Å². The number of piperidine rings is 1. The van der Waals surface area contributed by atoms with Crippen LogP contribution in [0, 0.1) is 13.8 Å². The van der Waals surface area contributed by atoms with E-state index in [1.165, 1.54) is 11.1 Å². The molecule has 7 nitrogen and oxygen atoms in total. The Balaban J connectivity index is 1.44. The zero-order valence-corrected chi connectivity index (χ0v) is 15.3. The van der Waals surface area contributed by atoms with Crippen molar-refractivity contribution in [3.05, 3.63) is 41.9 Å². The molecule has 0 radical (unpaired) electrons. The number of hydrogen-bond donors (Lipinski definition) is 0. The molecule has 1 aliphatic heterocycles. The number of hydrogen-bond acceptors (Lipinski definition) is 6. The van der Waals surface area contributed by atoms with E-state index in [4.69, 9.17) is 14.6 Å². The Morgan fingerprint density at radius 2 is 1.88 bits per heavy atom. The van der Waals surface area contributed by atoms with Crippen LogP contribution < -0.4 is 14.4 Å². The molecule has 1 saturated heterocycles. The smallest absolute Gasteiger partial charge is 0.213 e. The third-order valence-corrected chi connectivity index (χ3v) is 5.02. The predicted octanol–water partition coefficient (Wildman–Crippen LogP) is 2.80. The van der Waals surface area contributed by atoms with Gasteiger partial charge in [0.15, 0.2) is 11.5 Å². The van der Waals surface area contributed by atoms with Crippen LogP contribution >= 0.6 is 0 Å². The SMILES string of the molecule is COc1ccc(OC2CCN(c3nn4ccnc4c(C)c3C)CC2)cn1. The van der Waals surface area contributed by atoms with Crippen molar-refractivity contribution in [3.8, 4) is 11.6 Å². The second-order valence-corrected chi connectivity index (χ2v) is 6.61. The van der Waals surface area contributed by atoms with Crippen molar-refractivity contribution in [1.82, 2.24) is 19.6 Å². The lowest BCUT2D eigenvalue weighted by atomic mass is 10.1. The number of rotatable bonds is 4. The zero-order valence-electron chi connectivity index (χ0n) is 15.3. The molecule has 0 bridgehead atoms. The summed E-state index contributed by atoms with van der Waals surface area (Å²) in [7, 11) is 1.61. The second-order valence-electron chi connectivity index (χ2n) is 6.61. The van der Waals surface area contributed by atoms with Crippen LogP contribution in [0.25, 0.3) is 5.65 Å². The number of ether oxygens (including phenoxy) is 2. The molecule has 3 aromatic heterocycles. The molecule has 7 heteroatoms. The molecule has 3 aromatic rings. The van der Waals surface area contributed by atoms with E-state index in [1.54, 1.807) is 19.5 Å². The van der Waals surface area contributed by atoms with E-state index in [0.29, 0.717) is 5.88 Å². The lowest BCUT2D eigenvalue weighted by Gasteiger charge is -2.33. The number of pyridine rings is 1. The van der Waals surface area contributed by atoms with Gasteiger partial charge >= 0.3 is 0 Å². The average molecular weight is 353 g/mol. The number of nitrogens with zero attached hydrogens (tertiary/aromatic N) is 5. The molecule has 0 amide bonds. The first-order chi connectivity index (χ1) is 12.7. The highest BCUT2D eigenvalue weighted by Gasteiger charge is 2.24. The molecule has 0 N–H and O–H groups in total. The Bertz CT molecular complexity index is 898. The third-order valence-electron chi connectivity index (χ3n) is 5.02. The molecule has 4 heterocycles. The third kappa shape index (κ3) is 3.05. The number of fused-ring (bicyclic) bond motifs is 1. The van der Waals surface area contributed by atoms with Gasteiger partial charge in [-0.2, -0.15) is 0 Å². The van der Waals surface area contributed by atoms with Gasteiger partial charge in [-0.1, -0.05) is 0 Å². The van der Waals surface area contributed by atoms with Crippen LogP contribution in [0.1, 0.15) is 24.0 Å². The molecule has 4 rings (SSSR count). The summed E-state index contributed by atoms with van der Waals surface area (Å²) < 4.78 is 13.0. The summed E-state index contributed by atoms with van der Waals surface area (Å²) in [4.78, 5) is 10.9. The fourth-order valence-electron chi connectivity index (χ4n) is 3.39. The summed E-state index contributed by atoms with van der Waals surface area (Å²) >= 11 is 0. The Kier molecular flexibility index (Phi) is 4.36. The maximum absolute atomic E-state index is 6.07. The van der Waals surface area contributed by atoms with E-state index in [-0.39, 0.29) is 6.10 Å². The van der Waals surface area contributed by atoms with Gasteiger partial charge < -0.3 is 14.4 Å². The number of methoxy groups -OCH3 is 1. The molecule has 0 aliphatic carbocycles. The second kappa shape index (κ2) is 6.82. The van der Waals surface area contributed by atoms with Crippen LogP contribution in [0.3, 0.4) is 0 Å². The highest BCUT2D eigenvalue weighted by atomic mass is 16.5. The average Bonchev–Trinajstić information content (AvgIpc) is 3.15. The molecule has 0 atom stereocenters. The maximum atomic E-state index is 6.07. The molecule has 1 fully saturated rings. The Morgan fingerprint density at radius 1 is 1.08 bits per heavy atom. The molecule has 0 aromatic carbocycles. The fraction of sp³-hybridized carbons (Fsp3) is 0.421. The van der Waals surface area contributed by atoms with E-state index < -0.39 is 0 Å². The number of aryl methyl sites for hydroxylation is 1. The topological polar surface area (TPSA) is 64.8 Å². The van der Waals surface area contributed by atoms with Crippen molar-refractivity contribution in [3.63, 3.8) is 0 Å². The quantitative estimate of drug-likeness (QED) is 0.719. The molecule has 0 spiro atoms. The molecule has 0 saturated carbocycles. The molecule has 0 unspecified atom stereocenters. The van der Waals surface area contributed by atoms with E-state index in [1.807, 2.05) is 22.8 Å². The number of aromatic nitrogens is 4. The molecule has 26 heavy (non-hydrogen) atoms. The standard InChI is InChI=1S/C19H23N5O2/c1-13-14(2)19(22-24-11-8-20-18(13)24)23-9-6-15(7-10-23)26-16-4-5-17(25-3)21-12-16/h4-5,8,11-12,15H,6-7,9-10H2,1-3H3. The minimum atomic E-state index is 0.194. The van der Waals surface area contributed by atoms with Crippen molar-refractivity contribution in [2.75, 3.05) is 25.1 Å². The molecule has 1 aliphatic rings. The minimum absolute atomic E-state index is 0.194. The summed E-state index contributed by atoms with van der Waals surface area (Å²) in [5.74, 6) is 2.42. The van der Waals surface area contributed by atoms with Crippen molar-refractivity contribution in [2.24, 2.45) is 0 Å². The van der Waals surface area contributed by atoms with Gasteiger partial charge in [0.25, 0.3) is 0 Å². The van der Waals surface area contributed by atoms with Gasteiger partial charge in [0.05, 0.1) is 13.3 Å². The predicted molar refractivity (Wildman–Crippen MR) is 99.1 cm³/mol. The summed E-state index contributed by atoms with van der Waals surface area (Å²) in [6, 6.07) is 3.72. The van der Waals surface area contributed by atoms with Gasteiger partial charge in [-0.25, -0.2) is 14.5 Å². The lowest BCUT2D eigenvalue weighted by molar-refractivity contribution is 0.169. The van der Waals surface area contributed by atoms with Crippen LogP contribution in [-0.4, -0.2) is 45.9 Å². The molecular weight excluding hydrogens is 330 g/mol. The van der Waals surface area contributed by atoms with Crippen molar-refractivity contribution < 1.29 is 9.47 Å². The van der Waals surface area contributed by atoms with Crippen molar-refractivity contribution in [1.29, 1.82) is 0 Å². The Hall–Kier alpha value is -2.83. The lowest BCUT2D eigenvalue weighted by Crippen LogP contribution is -2.39. The number of anilines is 1. The fourth-order valence-corrected chi connectivity index (χ4v) is 3.39. The van der Waals surface area contributed by atoms with E-state index in [9.17, 15) is 0 Å². The summed E-state index contributed by atoms with van der Waals surface area (Å²) in [6.45, 7) is 6.07. The van der Waals surface area contributed by atoms with Gasteiger partial charge in [0.1, 0.15) is 11.9 Å². The van der Waals surface area contributed by atoms with Crippen LogP contribution in [0.5, 0.6) is 11.6 Å². The summed E-state index contributed by atoms with van der Waals surface area (Å²) in [6.07, 6.45) is 7.51. The highest BCUT2D eigenvalue weighted by molar-refractivity contribution is 5.59. The Morgan fingerprint density at radius 3 is 2.58 bits per heavy atom. The normalized spacial score (nSPS) is 15.4. The first-order valence-electron chi connectivity index (χ1n) is 8.88. The molecule has 136 valence electrons. The zero-order chi connectivity index (χ0) is 18.1. The highest BCUT2D eigenvalue weighted by Crippen LogP contribution is 2.27. The van der Waals surface area contributed by atoms with Gasteiger partial charge in [0, 0.05) is 55.5 Å². The van der Waals surface area contributed by atoms with Gasteiger partial charge in [0.2, 0.25) is 5.88 Å². The maximum Gasteiger partial charge on any atom is 0.213 e. The van der Waals surface area contributed by atoms with E-state index >= 15 is 0 Å². The van der Waals surface area contributed by atoms with Crippen LogP contribution in [-0.2, 0) is 0 Å². The Labute approximate surface area is 152 Å². The first kappa shape index (κ1) is 16.6.